The third-order valence-corrected chi connectivity index (χ3v) is 4.35. The summed E-state index contributed by atoms with van der Waals surface area (Å²) in [4.78, 5) is 0. The first-order valence-electron chi connectivity index (χ1n) is 6.82. The molecule has 2 atom stereocenters. The fourth-order valence-corrected chi connectivity index (χ4v) is 2.77. The van der Waals surface area contributed by atoms with E-state index >= 15 is 0 Å². The fraction of sp³-hybridized carbons (Fsp3) is 0.533. The van der Waals surface area contributed by atoms with Gasteiger partial charge in [-0.3, -0.25) is 0 Å². The average Bonchev–Trinajstić information content (AvgIpc) is 2.45. The van der Waals surface area contributed by atoms with E-state index in [4.69, 9.17) is 15.7 Å². The molecule has 0 amide bonds. The maximum absolute atomic E-state index is 8.70. The lowest BCUT2D eigenvalue weighted by atomic mass is 9.64. The molecular weight excluding hydrogens is 254 g/mol. The second-order valence-corrected chi connectivity index (χ2v) is 5.90. The number of nitrogens with zero attached hydrogens (tertiary/aromatic N) is 1. The van der Waals surface area contributed by atoms with Gasteiger partial charge in [-0.05, 0) is 18.1 Å². The molecule has 5 heteroatoms. The number of ether oxygens (including phenoxy) is 1. The van der Waals surface area contributed by atoms with E-state index < -0.39 is 0 Å². The summed E-state index contributed by atoms with van der Waals surface area (Å²) >= 11 is 0. The van der Waals surface area contributed by atoms with Crippen molar-refractivity contribution in [2.24, 2.45) is 16.3 Å². The Labute approximate surface area is 119 Å². The van der Waals surface area contributed by atoms with Crippen LogP contribution in [0.4, 0.5) is 0 Å². The number of nitrogens with two attached hydrogens (primary N) is 1. The van der Waals surface area contributed by atoms with Gasteiger partial charge in [0.15, 0.2) is 5.84 Å². The average molecular weight is 277 g/mol. The Hall–Kier alpha value is -1.59. The molecule has 4 N–H and O–H groups in total. The largest absolute Gasteiger partial charge is 0.409 e. The maximum Gasteiger partial charge on any atom is 0.170 e. The van der Waals surface area contributed by atoms with E-state index in [0.29, 0.717) is 12.1 Å². The van der Waals surface area contributed by atoms with Gasteiger partial charge < -0.3 is 21.0 Å². The summed E-state index contributed by atoms with van der Waals surface area (Å²) in [5, 5.41) is 15.3. The number of hydrogen-bond acceptors (Lipinski definition) is 4. The minimum atomic E-state index is 0.135. The topological polar surface area (TPSA) is 79.9 Å². The first-order chi connectivity index (χ1) is 9.48. The summed E-state index contributed by atoms with van der Waals surface area (Å²) in [5.41, 5.74) is 7.60. The summed E-state index contributed by atoms with van der Waals surface area (Å²) in [5.74, 6) is 0.135. The minimum absolute atomic E-state index is 0.135. The zero-order chi connectivity index (χ0) is 14.8. The molecule has 1 fully saturated rings. The third kappa shape index (κ3) is 2.78. The lowest BCUT2D eigenvalue weighted by molar-refractivity contribution is -0.0979. The van der Waals surface area contributed by atoms with Gasteiger partial charge in [0.1, 0.15) is 0 Å². The van der Waals surface area contributed by atoms with Gasteiger partial charge in [0.25, 0.3) is 0 Å². The van der Waals surface area contributed by atoms with E-state index in [9.17, 15) is 0 Å². The van der Waals surface area contributed by atoms with Gasteiger partial charge in [-0.25, -0.2) is 0 Å². The molecule has 1 aliphatic carbocycles. The van der Waals surface area contributed by atoms with Crippen molar-refractivity contribution in [3.63, 3.8) is 0 Å². The van der Waals surface area contributed by atoms with E-state index in [-0.39, 0.29) is 11.3 Å². The molecule has 0 heterocycles. The molecule has 2 unspecified atom stereocenters. The fourth-order valence-electron chi connectivity index (χ4n) is 2.77. The predicted octanol–water partition coefficient (Wildman–Crippen LogP) is 1.68. The van der Waals surface area contributed by atoms with Crippen LogP contribution in [0.5, 0.6) is 0 Å². The van der Waals surface area contributed by atoms with Crippen LogP contribution in [0.25, 0.3) is 0 Å². The van der Waals surface area contributed by atoms with E-state index in [1.165, 1.54) is 0 Å². The number of benzene rings is 1. The monoisotopic (exact) mass is 277 g/mol. The summed E-state index contributed by atoms with van der Waals surface area (Å²) < 4.78 is 5.45. The Bertz CT molecular complexity index is 500. The summed E-state index contributed by atoms with van der Waals surface area (Å²) in [6, 6.07) is 8.14. The van der Waals surface area contributed by atoms with Crippen molar-refractivity contribution in [3.05, 3.63) is 35.4 Å². The Morgan fingerprint density at radius 1 is 1.55 bits per heavy atom. The zero-order valence-electron chi connectivity index (χ0n) is 12.3. The first kappa shape index (κ1) is 14.8. The van der Waals surface area contributed by atoms with Crippen molar-refractivity contribution in [2.75, 3.05) is 7.11 Å². The number of hydrogen-bond donors (Lipinski definition) is 3. The molecule has 0 aliphatic heterocycles. The predicted molar refractivity (Wildman–Crippen MR) is 78.8 cm³/mol. The molecule has 0 saturated heterocycles. The van der Waals surface area contributed by atoms with Gasteiger partial charge in [-0.2, -0.15) is 0 Å². The Morgan fingerprint density at radius 2 is 2.30 bits per heavy atom. The van der Waals surface area contributed by atoms with Gasteiger partial charge in [-0.1, -0.05) is 37.2 Å². The second-order valence-electron chi connectivity index (χ2n) is 5.90. The van der Waals surface area contributed by atoms with Crippen molar-refractivity contribution in [1.82, 2.24) is 5.32 Å². The number of nitrogens with one attached hydrogen (secondary N) is 1. The molecule has 2 rings (SSSR count). The third-order valence-electron chi connectivity index (χ3n) is 4.35. The molecule has 5 nitrogen and oxygen atoms in total. The Balaban J connectivity index is 1.96. The SMILES string of the molecule is COC1CC(NCc2cccc(/C(N)=N/O)c2)C1(C)C. The van der Waals surface area contributed by atoms with Crippen molar-refractivity contribution < 1.29 is 9.94 Å². The molecule has 0 bridgehead atoms. The van der Waals surface area contributed by atoms with Gasteiger partial charge >= 0.3 is 0 Å². The van der Waals surface area contributed by atoms with Crippen LogP contribution in [-0.4, -0.2) is 30.3 Å². The normalized spacial score (nSPS) is 25.2. The van der Waals surface area contributed by atoms with Crippen LogP contribution in [0.1, 0.15) is 31.4 Å². The highest BCUT2D eigenvalue weighted by Crippen LogP contribution is 2.42. The van der Waals surface area contributed by atoms with E-state index in [0.717, 1.165) is 24.1 Å². The highest BCUT2D eigenvalue weighted by atomic mass is 16.5. The molecule has 0 radical (unpaired) electrons. The summed E-state index contributed by atoms with van der Waals surface area (Å²) in [7, 11) is 1.77. The van der Waals surface area contributed by atoms with E-state index in [1.807, 2.05) is 24.3 Å². The molecule has 1 aliphatic rings. The van der Waals surface area contributed by atoms with Crippen LogP contribution in [0.3, 0.4) is 0 Å². The highest BCUT2D eigenvalue weighted by Gasteiger charge is 2.48. The smallest absolute Gasteiger partial charge is 0.170 e. The van der Waals surface area contributed by atoms with Crippen LogP contribution in [-0.2, 0) is 11.3 Å². The lowest BCUT2D eigenvalue weighted by Gasteiger charge is -2.51. The number of oxime groups is 1. The van der Waals surface area contributed by atoms with E-state index in [1.54, 1.807) is 7.11 Å². The Kier molecular flexibility index (Phi) is 4.30. The molecule has 0 aromatic heterocycles. The standard InChI is InChI=1S/C15H23N3O2/c1-15(2)12(8-13(15)20-3)17-9-10-5-4-6-11(7-10)14(16)18-19/h4-7,12-13,17,19H,8-9H2,1-3H3,(H2,16,18). The van der Waals surface area contributed by atoms with Crippen LogP contribution in [0.15, 0.2) is 29.4 Å². The van der Waals surface area contributed by atoms with Crippen LogP contribution in [0.2, 0.25) is 0 Å². The quantitative estimate of drug-likeness (QED) is 0.331. The van der Waals surface area contributed by atoms with Crippen molar-refractivity contribution >= 4 is 5.84 Å². The van der Waals surface area contributed by atoms with E-state index in [2.05, 4.69) is 24.3 Å². The summed E-state index contributed by atoms with van der Waals surface area (Å²) in [6.45, 7) is 5.20. The van der Waals surface area contributed by atoms with Gasteiger partial charge in [0.05, 0.1) is 6.10 Å². The molecule has 1 aromatic carbocycles. The maximum atomic E-state index is 8.70. The molecule has 20 heavy (non-hydrogen) atoms. The first-order valence-corrected chi connectivity index (χ1v) is 6.82. The van der Waals surface area contributed by atoms with Crippen LogP contribution in [0, 0.1) is 5.41 Å². The molecule has 0 spiro atoms. The van der Waals surface area contributed by atoms with Crippen molar-refractivity contribution in [2.45, 2.75) is 39.0 Å². The molecule has 1 aromatic rings. The second kappa shape index (κ2) is 5.81. The van der Waals surface area contributed by atoms with Gasteiger partial charge in [0, 0.05) is 30.7 Å². The van der Waals surface area contributed by atoms with Gasteiger partial charge in [-0.15, -0.1) is 0 Å². The van der Waals surface area contributed by atoms with Crippen LogP contribution < -0.4 is 11.1 Å². The number of amidine groups is 1. The number of methoxy groups -OCH3 is 1. The zero-order valence-corrected chi connectivity index (χ0v) is 12.3. The van der Waals surface area contributed by atoms with Crippen molar-refractivity contribution in [3.8, 4) is 0 Å². The van der Waals surface area contributed by atoms with Crippen LogP contribution >= 0.6 is 0 Å². The molecule has 110 valence electrons. The molecule has 1 saturated carbocycles. The Morgan fingerprint density at radius 3 is 2.90 bits per heavy atom. The van der Waals surface area contributed by atoms with Gasteiger partial charge in [0.2, 0.25) is 0 Å². The highest BCUT2D eigenvalue weighted by molar-refractivity contribution is 5.97. The minimum Gasteiger partial charge on any atom is -0.409 e. The van der Waals surface area contributed by atoms with Crippen molar-refractivity contribution in [1.29, 1.82) is 0 Å². The number of rotatable bonds is 5. The molecular formula is C15H23N3O2. The summed E-state index contributed by atoms with van der Waals surface area (Å²) in [6.07, 6.45) is 1.35. The lowest BCUT2D eigenvalue weighted by Crippen LogP contribution is -2.60.